The molecule has 0 unspecified atom stereocenters. The van der Waals surface area contributed by atoms with Crippen LogP contribution in [0.4, 0.5) is 0 Å². The third kappa shape index (κ3) is 2.03. The lowest BCUT2D eigenvalue weighted by Crippen LogP contribution is -1.85. The maximum atomic E-state index is 8.87. The van der Waals surface area contributed by atoms with Crippen LogP contribution in [-0.2, 0) is 0 Å². The third-order valence-electron chi connectivity index (χ3n) is 1.91. The van der Waals surface area contributed by atoms with Crippen molar-refractivity contribution in [2.75, 3.05) is 0 Å². The van der Waals surface area contributed by atoms with Crippen molar-refractivity contribution in [2.24, 2.45) is 0 Å². The van der Waals surface area contributed by atoms with Crippen molar-refractivity contribution < 1.29 is 4.42 Å². The highest BCUT2D eigenvalue weighted by Crippen LogP contribution is 2.31. The minimum absolute atomic E-state index is 0.447. The Labute approximate surface area is 91.7 Å². The van der Waals surface area contributed by atoms with Gasteiger partial charge in [-0.3, -0.25) is 0 Å². The Balaban J connectivity index is 2.33. The maximum Gasteiger partial charge on any atom is 0.154 e. The van der Waals surface area contributed by atoms with E-state index in [9.17, 15) is 0 Å². The summed E-state index contributed by atoms with van der Waals surface area (Å²) in [6, 6.07) is 7.64. The number of furan rings is 1. The SMILES string of the molecule is Cc1occc1Sc1cccnc1C#N. The van der Waals surface area contributed by atoms with E-state index < -0.39 is 0 Å². The minimum Gasteiger partial charge on any atom is -0.468 e. The molecule has 0 aromatic carbocycles. The smallest absolute Gasteiger partial charge is 0.154 e. The van der Waals surface area contributed by atoms with Gasteiger partial charge in [-0.15, -0.1) is 0 Å². The molecule has 0 radical (unpaired) electrons. The van der Waals surface area contributed by atoms with Crippen LogP contribution >= 0.6 is 11.8 Å². The van der Waals surface area contributed by atoms with Crippen LogP contribution in [0, 0.1) is 18.3 Å². The molecule has 2 rings (SSSR count). The summed E-state index contributed by atoms with van der Waals surface area (Å²) in [5.41, 5.74) is 0.447. The largest absolute Gasteiger partial charge is 0.468 e. The summed E-state index contributed by atoms with van der Waals surface area (Å²) in [7, 11) is 0. The molecular weight excluding hydrogens is 208 g/mol. The number of rotatable bonds is 2. The topological polar surface area (TPSA) is 49.8 Å². The van der Waals surface area contributed by atoms with Gasteiger partial charge in [-0.25, -0.2) is 4.98 Å². The molecule has 0 bridgehead atoms. The molecule has 0 aliphatic heterocycles. The Hall–Kier alpha value is -1.73. The Kier molecular flexibility index (Phi) is 2.75. The highest BCUT2D eigenvalue weighted by molar-refractivity contribution is 7.99. The van der Waals surface area contributed by atoms with Crippen molar-refractivity contribution >= 4 is 11.8 Å². The van der Waals surface area contributed by atoms with Crippen molar-refractivity contribution in [2.45, 2.75) is 16.7 Å². The van der Waals surface area contributed by atoms with E-state index in [1.165, 1.54) is 11.8 Å². The van der Waals surface area contributed by atoms with E-state index in [2.05, 4.69) is 11.1 Å². The zero-order valence-electron chi connectivity index (χ0n) is 8.10. The monoisotopic (exact) mass is 216 g/mol. The van der Waals surface area contributed by atoms with Crippen LogP contribution in [0.5, 0.6) is 0 Å². The first kappa shape index (κ1) is 9.81. The number of nitriles is 1. The third-order valence-corrected chi connectivity index (χ3v) is 3.10. The number of pyridine rings is 1. The van der Waals surface area contributed by atoms with Crippen molar-refractivity contribution in [3.05, 3.63) is 42.1 Å². The Morgan fingerprint density at radius 2 is 2.27 bits per heavy atom. The molecule has 0 amide bonds. The van der Waals surface area contributed by atoms with Gasteiger partial charge >= 0.3 is 0 Å². The van der Waals surface area contributed by atoms with E-state index in [0.29, 0.717) is 5.69 Å². The predicted octanol–water partition coefficient (Wildman–Crippen LogP) is 3.01. The van der Waals surface area contributed by atoms with E-state index >= 15 is 0 Å². The average Bonchev–Trinajstić information content (AvgIpc) is 2.65. The van der Waals surface area contributed by atoms with Gasteiger partial charge in [0, 0.05) is 11.1 Å². The maximum absolute atomic E-state index is 8.87. The molecule has 2 aromatic rings. The Bertz CT molecular complexity index is 513. The van der Waals surface area contributed by atoms with E-state index in [1.54, 1.807) is 12.5 Å². The van der Waals surface area contributed by atoms with Gasteiger partial charge in [0.05, 0.1) is 11.2 Å². The van der Waals surface area contributed by atoms with Gasteiger partial charge in [0.25, 0.3) is 0 Å². The molecule has 0 fully saturated rings. The first-order valence-corrected chi connectivity index (χ1v) is 5.20. The molecule has 2 aromatic heterocycles. The lowest BCUT2D eigenvalue weighted by molar-refractivity contribution is 0.527. The van der Waals surface area contributed by atoms with Gasteiger partial charge in [-0.1, -0.05) is 11.8 Å². The van der Waals surface area contributed by atoms with Crippen molar-refractivity contribution in [3.8, 4) is 6.07 Å². The summed E-state index contributed by atoms with van der Waals surface area (Å²) in [5.74, 6) is 0.854. The number of aromatic nitrogens is 1. The highest BCUT2D eigenvalue weighted by atomic mass is 32.2. The first-order chi connectivity index (χ1) is 7.31. The van der Waals surface area contributed by atoms with Gasteiger partial charge in [-0.2, -0.15) is 5.26 Å². The van der Waals surface area contributed by atoms with Gasteiger partial charge in [0.15, 0.2) is 5.69 Å². The molecule has 0 N–H and O–H groups in total. The van der Waals surface area contributed by atoms with Crippen LogP contribution in [0.3, 0.4) is 0 Å². The Morgan fingerprint density at radius 3 is 2.93 bits per heavy atom. The van der Waals surface area contributed by atoms with Crippen LogP contribution in [0.2, 0.25) is 0 Å². The van der Waals surface area contributed by atoms with E-state index in [1.807, 2.05) is 25.1 Å². The summed E-state index contributed by atoms with van der Waals surface area (Å²) in [6.45, 7) is 1.89. The normalized spacial score (nSPS) is 9.87. The van der Waals surface area contributed by atoms with Crippen LogP contribution in [0.1, 0.15) is 11.5 Å². The van der Waals surface area contributed by atoms with Gasteiger partial charge in [-0.05, 0) is 25.1 Å². The molecule has 0 spiro atoms. The van der Waals surface area contributed by atoms with Crippen molar-refractivity contribution in [1.29, 1.82) is 5.26 Å². The van der Waals surface area contributed by atoms with E-state index in [-0.39, 0.29) is 0 Å². The molecule has 0 aliphatic rings. The summed E-state index contributed by atoms with van der Waals surface area (Å²) in [4.78, 5) is 5.86. The van der Waals surface area contributed by atoms with Crippen LogP contribution in [0.15, 0.2) is 44.9 Å². The lowest BCUT2D eigenvalue weighted by Gasteiger charge is -2.00. The first-order valence-electron chi connectivity index (χ1n) is 4.38. The molecule has 0 saturated carbocycles. The second-order valence-electron chi connectivity index (χ2n) is 2.91. The highest BCUT2D eigenvalue weighted by Gasteiger charge is 2.07. The van der Waals surface area contributed by atoms with Crippen LogP contribution < -0.4 is 0 Å². The standard InChI is InChI=1S/C11H8N2OS/c1-8-10(4-6-14-8)15-11-3-2-5-13-9(11)7-12/h2-6H,1H3. The molecule has 15 heavy (non-hydrogen) atoms. The van der Waals surface area contributed by atoms with Crippen molar-refractivity contribution in [1.82, 2.24) is 4.98 Å². The van der Waals surface area contributed by atoms with Crippen LogP contribution in [0.25, 0.3) is 0 Å². The van der Waals surface area contributed by atoms with E-state index in [0.717, 1.165) is 15.6 Å². The predicted molar refractivity (Wildman–Crippen MR) is 56.5 cm³/mol. The molecule has 4 heteroatoms. The number of nitrogens with zero attached hydrogens (tertiary/aromatic N) is 2. The summed E-state index contributed by atoms with van der Waals surface area (Å²) in [6.07, 6.45) is 3.25. The minimum atomic E-state index is 0.447. The molecule has 74 valence electrons. The molecular formula is C11H8N2OS. The Morgan fingerprint density at radius 1 is 1.40 bits per heavy atom. The number of hydrogen-bond acceptors (Lipinski definition) is 4. The lowest BCUT2D eigenvalue weighted by atomic mass is 10.4. The second kappa shape index (κ2) is 4.20. The fraction of sp³-hybridized carbons (Fsp3) is 0.0909. The number of hydrogen-bond donors (Lipinski definition) is 0. The zero-order valence-corrected chi connectivity index (χ0v) is 8.91. The molecule has 2 heterocycles. The summed E-state index contributed by atoms with van der Waals surface area (Å²) >= 11 is 1.49. The quantitative estimate of drug-likeness (QED) is 0.774. The fourth-order valence-corrected chi connectivity index (χ4v) is 2.05. The summed E-state index contributed by atoms with van der Waals surface area (Å²) in [5, 5.41) is 8.87. The summed E-state index contributed by atoms with van der Waals surface area (Å²) < 4.78 is 5.19. The van der Waals surface area contributed by atoms with E-state index in [4.69, 9.17) is 9.68 Å². The van der Waals surface area contributed by atoms with Crippen LogP contribution in [-0.4, -0.2) is 4.98 Å². The molecule has 0 atom stereocenters. The molecule has 0 aliphatic carbocycles. The molecule has 0 saturated heterocycles. The van der Waals surface area contributed by atoms with Gasteiger partial charge in [0.1, 0.15) is 11.8 Å². The van der Waals surface area contributed by atoms with Gasteiger partial charge in [0.2, 0.25) is 0 Å². The number of aryl methyl sites for hydroxylation is 1. The average molecular weight is 216 g/mol. The molecule has 3 nitrogen and oxygen atoms in total. The zero-order chi connectivity index (χ0) is 10.7. The second-order valence-corrected chi connectivity index (χ2v) is 3.99. The van der Waals surface area contributed by atoms with Gasteiger partial charge < -0.3 is 4.42 Å². The fourth-order valence-electron chi connectivity index (χ4n) is 1.15. The van der Waals surface area contributed by atoms with Crippen molar-refractivity contribution in [3.63, 3.8) is 0 Å².